The second kappa shape index (κ2) is 5.35. The first-order chi connectivity index (χ1) is 10.1. The van der Waals surface area contributed by atoms with Crippen molar-refractivity contribution in [2.45, 2.75) is 31.7 Å². The van der Waals surface area contributed by atoms with Crippen LogP contribution in [0.25, 0.3) is 0 Å². The number of hydrogen-bond donors (Lipinski definition) is 2. The fourth-order valence-electron chi connectivity index (χ4n) is 3.71. The van der Waals surface area contributed by atoms with Crippen LogP contribution in [0.1, 0.15) is 36.0 Å². The average Bonchev–Trinajstić information content (AvgIpc) is 3.09. The summed E-state index contributed by atoms with van der Waals surface area (Å²) in [5.74, 6) is 1.09. The minimum atomic E-state index is -0.429. The van der Waals surface area contributed by atoms with Crippen molar-refractivity contribution >= 4 is 17.3 Å². The van der Waals surface area contributed by atoms with Crippen LogP contribution in [0.4, 0.5) is 11.4 Å². The number of nitro benzene ring substituents is 1. The zero-order chi connectivity index (χ0) is 15.0. The minimum Gasteiger partial charge on any atom is -0.376 e. The molecule has 2 N–H and O–H groups in total. The summed E-state index contributed by atoms with van der Waals surface area (Å²) in [7, 11) is 1.51. The molecule has 2 saturated carbocycles. The number of nitrogens with one attached hydrogen (secondary N) is 2. The Hall–Kier alpha value is -2.11. The number of carbonyl (C=O) groups excluding carboxylic acids is 1. The summed E-state index contributed by atoms with van der Waals surface area (Å²) in [5.41, 5.74) is 0.798. The number of nitrogens with zero attached hydrogens (tertiary/aromatic N) is 1. The van der Waals surface area contributed by atoms with Crippen molar-refractivity contribution in [2.24, 2.45) is 11.8 Å². The van der Waals surface area contributed by atoms with E-state index in [1.54, 1.807) is 12.1 Å². The Labute approximate surface area is 123 Å². The molecule has 0 radical (unpaired) electrons. The topological polar surface area (TPSA) is 84.3 Å². The van der Waals surface area contributed by atoms with E-state index in [4.69, 9.17) is 0 Å². The van der Waals surface area contributed by atoms with Crippen LogP contribution in [-0.4, -0.2) is 23.9 Å². The molecule has 2 aliphatic rings. The zero-order valence-electron chi connectivity index (χ0n) is 12.0. The van der Waals surface area contributed by atoms with E-state index in [9.17, 15) is 14.9 Å². The largest absolute Gasteiger partial charge is 0.376 e. The highest BCUT2D eigenvalue weighted by molar-refractivity contribution is 5.95. The van der Waals surface area contributed by atoms with Crippen LogP contribution in [0.15, 0.2) is 18.2 Å². The smallest absolute Gasteiger partial charge is 0.293 e. The maximum Gasteiger partial charge on any atom is 0.293 e. The Bertz CT molecular complexity index is 588. The molecule has 6 nitrogen and oxygen atoms in total. The van der Waals surface area contributed by atoms with Crippen LogP contribution in [-0.2, 0) is 0 Å². The van der Waals surface area contributed by atoms with Crippen molar-refractivity contribution in [3.8, 4) is 0 Å². The van der Waals surface area contributed by atoms with Gasteiger partial charge in [0.1, 0.15) is 5.69 Å². The maximum atomic E-state index is 11.6. The molecule has 0 aliphatic heterocycles. The molecule has 0 spiro atoms. The maximum absolute atomic E-state index is 11.6. The van der Waals surface area contributed by atoms with Crippen LogP contribution in [0, 0.1) is 22.0 Å². The van der Waals surface area contributed by atoms with E-state index >= 15 is 0 Å². The molecule has 3 rings (SSSR count). The van der Waals surface area contributed by atoms with Crippen molar-refractivity contribution in [1.29, 1.82) is 0 Å². The summed E-state index contributed by atoms with van der Waals surface area (Å²) in [5, 5.41) is 17.1. The van der Waals surface area contributed by atoms with Gasteiger partial charge in [0, 0.05) is 24.7 Å². The van der Waals surface area contributed by atoms with E-state index in [2.05, 4.69) is 10.6 Å². The first-order valence-electron chi connectivity index (χ1n) is 7.35. The molecule has 0 aromatic heterocycles. The van der Waals surface area contributed by atoms with Gasteiger partial charge in [-0.05, 0) is 43.2 Å². The number of carbonyl (C=O) groups is 1. The number of fused-ring (bicyclic) bond motifs is 2. The summed E-state index contributed by atoms with van der Waals surface area (Å²) in [6.45, 7) is 0. The lowest BCUT2D eigenvalue weighted by Gasteiger charge is -2.23. The van der Waals surface area contributed by atoms with Gasteiger partial charge in [0.25, 0.3) is 11.6 Å². The van der Waals surface area contributed by atoms with Crippen LogP contribution < -0.4 is 10.6 Å². The molecule has 21 heavy (non-hydrogen) atoms. The lowest BCUT2D eigenvalue weighted by atomic mass is 9.95. The fraction of sp³-hybridized carbons (Fsp3) is 0.533. The second-order valence-corrected chi connectivity index (χ2v) is 5.99. The molecule has 0 heterocycles. The number of rotatable bonds is 4. The normalized spacial score (nSPS) is 26.6. The highest BCUT2D eigenvalue weighted by Crippen LogP contribution is 2.46. The van der Waals surface area contributed by atoms with Gasteiger partial charge in [0.2, 0.25) is 0 Å². The Morgan fingerprint density at radius 3 is 2.71 bits per heavy atom. The first kappa shape index (κ1) is 13.9. The molecule has 3 unspecified atom stereocenters. The summed E-state index contributed by atoms with van der Waals surface area (Å²) < 4.78 is 0. The Morgan fingerprint density at radius 1 is 1.33 bits per heavy atom. The summed E-state index contributed by atoms with van der Waals surface area (Å²) in [4.78, 5) is 22.4. The first-order valence-corrected chi connectivity index (χ1v) is 7.35. The van der Waals surface area contributed by atoms with Crippen LogP contribution in [0.2, 0.25) is 0 Å². The molecule has 0 saturated heterocycles. The van der Waals surface area contributed by atoms with E-state index in [1.165, 1.54) is 32.4 Å². The highest BCUT2D eigenvalue weighted by atomic mass is 16.6. The molecule has 3 atom stereocenters. The average molecular weight is 289 g/mol. The third-order valence-electron chi connectivity index (χ3n) is 4.76. The third kappa shape index (κ3) is 2.57. The fourth-order valence-corrected chi connectivity index (χ4v) is 3.71. The van der Waals surface area contributed by atoms with Gasteiger partial charge in [-0.1, -0.05) is 6.42 Å². The Balaban J connectivity index is 1.84. The molecule has 1 aromatic rings. The summed E-state index contributed by atoms with van der Waals surface area (Å²) in [6.07, 6.45) is 4.84. The van der Waals surface area contributed by atoms with Crippen molar-refractivity contribution < 1.29 is 9.72 Å². The van der Waals surface area contributed by atoms with Gasteiger partial charge >= 0.3 is 0 Å². The van der Waals surface area contributed by atoms with E-state index in [-0.39, 0.29) is 11.6 Å². The minimum absolute atomic E-state index is 0.0288. The highest BCUT2D eigenvalue weighted by Gasteiger charge is 2.40. The third-order valence-corrected chi connectivity index (χ3v) is 4.76. The monoisotopic (exact) mass is 289 g/mol. The number of benzene rings is 1. The van der Waals surface area contributed by atoms with Crippen molar-refractivity contribution in [1.82, 2.24) is 5.32 Å². The molecule has 6 heteroatoms. The van der Waals surface area contributed by atoms with Gasteiger partial charge in [0.15, 0.2) is 0 Å². The second-order valence-electron chi connectivity index (χ2n) is 5.99. The van der Waals surface area contributed by atoms with Crippen LogP contribution in [0.3, 0.4) is 0 Å². The Morgan fingerprint density at radius 2 is 2.14 bits per heavy atom. The van der Waals surface area contributed by atoms with E-state index < -0.39 is 4.92 Å². The van der Waals surface area contributed by atoms with Crippen molar-refractivity contribution in [3.05, 3.63) is 33.9 Å². The molecular weight excluding hydrogens is 270 g/mol. The standard InChI is InChI=1S/C15H19N3O3/c1-16-15(19)11-4-5-12(14(8-11)18(20)21)17-13-7-9-2-3-10(13)6-9/h4-5,8-10,13,17H,2-3,6-7H2,1H3,(H,16,19). The molecule has 1 amide bonds. The van der Waals surface area contributed by atoms with Crippen molar-refractivity contribution in [3.63, 3.8) is 0 Å². The lowest BCUT2D eigenvalue weighted by molar-refractivity contribution is -0.384. The van der Waals surface area contributed by atoms with Gasteiger partial charge in [-0.25, -0.2) is 0 Å². The summed E-state index contributed by atoms with van der Waals surface area (Å²) in [6, 6.07) is 4.94. The number of anilines is 1. The predicted molar refractivity (Wildman–Crippen MR) is 79.3 cm³/mol. The SMILES string of the molecule is CNC(=O)c1ccc(NC2CC3CCC2C3)c([N+](=O)[O-])c1. The van der Waals surface area contributed by atoms with E-state index in [1.807, 2.05) is 0 Å². The van der Waals surface area contributed by atoms with Gasteiger partial charge in [-0.15, -0.1) is 0 Å². The lowest BCUT2D eigenvalue weighted by Crippen LogP contribution is -2.26. The van der Waals surface area contributed by atoms with Crippen molar-refractivity contribution in [2.75, 3.05) is 12.4 Å². The van der Waals surface area contributed by atoms with E-state index in [0.29, 0.717) is 23.2 Å². The summed E-state index contributed by atoms with van der Waals surface area (Å²) >= 11 is 0. The zero-order valence-corrected chi connectivity index (χ0v) is 12.0. The number of amides is 1. The molecule has 112 valence electrons. The molecule has 2 fully saturated rings. The quantitative estimate of drug-likeness (QED) is 0.659. The van der Waals surface area contributed by atoms with Crippen LogP contribution in [0.5, 0.6) is 0 Å². The Kier molecular flexibility index (Phi) is 3.53. The predicted octanol–water partition coefficient (Wildman–Crippen LogP) is 2.55. The molecule has 1 aromatic carbocycles. The number of nitro groups is 1. The van der Waals surface area contributed by atoms with Crippen LogP contribution >= 0.6 is 0 Å². The molecular formula is C15H19N3O3. The molecule has 2 aliphatic carbocycles. The van der Waals surface area contributed by atoms with E-state index in [0.717, 1.165) is 12.3 Å². The van der Waals surface area contributed by atoms with Gasteiger partial charge < -0.3 is 10.6 Å². The van der Waals surface area contributed by atoms with Gasteiger partial charge in [0.05, 0.1) is 4.92 Å². The number of hydrogen-bond acceptors (Lipinski definition) is 4. The van der Waals surface area contributed by atoms with Gasteiger partial charge in [-0.2, -0.15) is 0 Å². The molecule has 2 bridgehead atoms. The van der Waals surface area contributed by atoms with Gasteiger partial charge in [-0.3, -0.25) is 14.9 Å².